The molecule has 8 heteroatoms. The summed E-state index contributed by atoms with van der Waals surface area (Å²) in [5.74, 6) is -2.97. The summed E-state index contributed by atoms with van der Waals surface area (Å²) in [5.41, 5.74) is -0.801. The monoisotopic (exact) mass is 325 g/mol. The van der Waals surface area contributed by atoms with Crippen LogP contribution in [0.2, 0.25) is 10.0 Å². The molecule has 108 valence electrons. The van der Waals surface area contributed by atoms with Gasteiger partial charge in [-0.25, -0.2) is 0 Å². The van der Waals surface area contributed by atoms with E-state index in [1.54, 1.807) is 0 Å². The Morgan fingerprint density at radius 3 is 2.15 bits per heavy atom. The molecule has 0 bridgehead atoms. The number of ketones is 1. The zero-order valence-corrected chi connectivity index (χ0v) is 11.5. The minimum absolute atomic E-state index is 0.149. The van der Waals surface area contributed by atoms with E-state index in [0.29, 0.717) is 6.21 Å². The summed E-state index contributed by atoms with van der Waals surface area (Å²) < 4.78 is 37.0. The zero-order valence-electron chi connectivity index (χ0n) is 10.0. The molecule has 0 spiro atoms. The van der Waals surface area contributed by atoms with Gasteiger partial charge in [-0.2, -0.15) is 13.2 Å². The van der Waals surface area contributed by atoms with Crippen LogP contribution in [0.3, 0.4) is 0 Å². The Hall–Kier alpha value is -1.53. The van der Waals surface area contributed by atoms with Gasteiger partial charge >= 0.3 is 6.18 Å². The number of Topliss-reactive ketones (excluding diaryl/α,β-unsaturated/α-hetero) is 1. The molecule has 0 fully saturated rings. The Labute approximate surface area is 122 Å². The molecule has 0 aliphatic heterocycles. The molecule has 0 aliphatic rings. The molecule has 0 heterocycles. The van der Waals surface area contributed by atoms with E-state index >= 15 is 0 Å². The lowest BCUT2D eigenvalue weighted by Crippen LogP contribution is -2.17. The number of alkyl halides is 3. The van der Waals surface area contributed by atoms with Crippen LogP contribution in [0.15, 0.2) is 34.5 Å². The predicted octanol–water partition coefficient (Wildman–Crippen LogP) is 4.66. The minimum atomic E-state index is -5.03. The van der Waals surface area contributed by atoms with Crippen LogP contribution in [0.25, 0.3) is 0 Å². The number of halogens is 5. The number of allylic oxidation sites excluding steroid dienone is 2. The third-order valence-corrected chi connectivity index (χ3v) is 2.53. The quantitative estimate of drug-likeness (QED) is 0.499. The topological polar surface area (TPSA) is 49.7 Å². The Kier molecular flexibility index (Phi) is 5.19. The van der Waals surface area contributed by atoms with Crippen molar-refractivity contribution in [2.24, 2.45) is 4.99 Å². The van der Waals surface area contributed by atoms with Crippen molar-refractivity contribution in [1.29, 1.82) is 0 Å². The summed E-state index contributed by atoms with van der Waals surface area (Å²) >= 11 is 11.4. The standard InChI is InChI=1S/C12H8Cl2F3NO2/c1-6(19)10(11(20)12(15,16)17)5-18-9-3-7(13)2-8(14)4-9/h2-5,20H,1H3/b11-10+,18-5?. The molecular weight excluding hydrogens is 318 g/mol. The Morgan fingerprint density at radius 1 is 1.25 bits per heavy atom. The van der Waals surface area contributed by atoms with Crippen LogP contribution in [0, 0.1) is 0 Å². The zero-order chi connectivity index (χ0) is 15.5. The number of aliphatic hydroxyl groups excluding tert-OH is 1. The average molecular weight is 326 g/mol. The minimum Gasteiger partial charge on any atom is -0.504 e. The van der Waals surface area contributed by atoms with Crippen molar-refractivity contribution < 1.29 is 23.1 Å². The number of hydrogen-bond donors (Lipinski definition) is 1. The van der Waals surface area contributed by atoms with Gasteiger partial charge in [-0.05, 0) is 25.1 Å². The molecule has 0 unspecified atom stereocenters. The molecular formula is C12H8Cl2F3NO2. The lowest BCUT2D eigenvalue weighted by atomic mass is 10.1. The summed E-state index contributed by atoms with van der Waals surface area (Å²) in [5, 5.41) is 9.46. The molecule has 0 aliphatic carbocycles. The summed E-state index contributed by atoms with van der Waals surface area (Å²) in [4.78, 5) is 14.8. The van der Waals surface area contributed by atoms with Crippen LogP contribution in [-0.2, 0) is 4.79 Å². The van der Waals surface area contributed by atoms with Crippen LogP contribution in [-0.4, -0.2) is 23.3 Å². The van der Waals surface area contributed by atoms with Gasteiger partial charge < -0.3 is 5.11 Å². The number of rotatable bonds is 3. The van der Waals surface area contributed by atoms with Crippen molar-refractivity contribution >= 4 is 40.9 Å². The van der Waals surface area contributed by atoms with Crippen molar-refractivity contribution in [3.05, 3.63) is 39.6 Å². The van der Waals surface area contributed by atoms with Gasteiger partial charge in [0.1, 0.15) is 0 Å². The second-order valence-electron chi connectivity index (χ2n) is 3.70. The highest BCUT2D eigenvalue weighted by Gasteiger charge is 2.37. The third kappa shape index (κ3) is 4.54. The van der Waals surface area contributed by atoms with E-state index in [1.807, 2.05) is 0 Å². The lowest BCUT2D eigenvalue weighted by Gasteiger charge is -2.07. The number of nitrogens with zero attached hydrogens (tertiary/aromatic N) is 1. The van der Waals surface area contributed by atoms with Crippen LogP contribution < -0.4 is 0 Å². The van der Waals surface area contributed by atoms with E-state index in [1.165, 1.54) is 18.2 Å². The van der Waals surface area contributed by atoms with Gasteiger partial charge in [-0.1, -0.05) is 23.2 Å². The van der Waals surface area contributed by atoms with Crippen LogP contribution in [0.1, 0.15) is 6.92 Å². The molecule has 1 rings (SSSR count). The summed E-state index contributed by atoms with van der Waals surface area (Å²) in [6.07, 6.45) is -4.41. The summed E-state index contributed by atoms with van der Waals surface area (Å²) in [6, 6.07) is 4.09. The average Bonchev–Trinajstić information content (AvgIpc) is 2.25. The predicted molar refractivity (Wildman–Crippen MR) is 71.0 cm³/mol. The number of carbonyl (C=O) groups excluding carboxylic acids is 1. The molecule has 1 aromatic carbocycles. The van der Waals surface area contributed by atoms with Gasteiger partial charge in [-0.3, -0.25) is 9.79 Å². The molecule has 0 atom stereocenters. The Balaban J connectivity index is 3.21. The molecule has 1 aromatic rings. The molecule has 0 aromatic heterocycles. The van der Waals surface area contributed by atoms with Crippen LogP contribution >= 0.6 is 23.2 Å². The van der Waals surface area contributed by atoms with Gasteiger partial charge in [0, 0.05) is 16.3 Å². The van der Waals surface area contributed by atoms with Gasteiger partial charge in [0.25, 0.3) is 0 Å². The SMILES string of the molecule is CC(=O)/C(C=Nc1cc(Cl)cc(Cl)c1)=C(/O)C(F)(F)F. The number of benzene rings is 1. The van der Waals surface area contributed by atoms with Gasteiger partial charge in [0.2, 0.25) is 5.76 Å². The second kappa shape index (κ2) is 6.28. The molecule has 0 saturated carbocycles. The first-order valence-electron chi connectivity index (χ1n) is 5.13. The van der Waals surface area contributed by atoms with Crippen molar-refractivity contribution in [3.8, 4) is 0 Å². The van der Waals surface area contributed by atoms with Gasteiger partial charge in [0.15, 0.2) is 5.78 Å². The normalized spacial score (nSPS) is 13.5. The van der Waals surface area contributed by atoms with E-state index in [9.17, 15) is 18.0 Å². The fourth-order valence-electron chi connectivity index (χ4n) is 1.22. The lowest BCUT2D eigenvalue weighted by molar-refractivity contribution is -0.125. The Morgan fingerprint density at radius 2 is 1.75 bits per heavy atom. The number of hydrogen-bond acceptors (Lipinski definition) is 3. The summed E-state index contributed by atoms with van der Waals surface area (Å²) in [7, 11) is 0. The maximum Gasteiger partial charge on any atom is 0.449 e. The van der Waals surface area contributed by atoms with Gasteiger partial charge in [-0.15, -0.1) is 0 Å². The molecule has 0 saturated heterocycles. The highest BCUT2D eigenvalue weighted by Crippen LogP contribution is 2.27. The second-order valence-corrected chi connectivity index (χ2v) is 4.57. The maximum atomic E-state index is 12.3. The molecule has 0 amide bonds. The third-order valence-electron chi connectivity index (χ3n) is 2.09. The number of aliphatic imine (C=N–C) groups is 1. The first-order valence-corrected chi connectivity index (χ1v) is 5.88. The maximum absolute atomic E-state index is 12.3. The fourth-order valence-corrected chi connectivity index (χ4v) is 1.74. The molecule has 20 heavy (non-hydrogen) atoms. The first kappa shape index (κ1) is 16.5. The molecule has 3 nitrogen and oxygen atoms in total. The highest BCUT2D eigenvalue weighted by molar-refractivity contribution is 6.35. The van der Waals surface area contributed by atoms with E-state index in [-0.39, 0.29) is 15.7 Å². The van der Waals surface area contributed by atoms with E-state index in [4.69, 9.17) is 28.3 Å². The number of carbonyl (C=O) groups is 1. The first-order chi connectivity index (χ1) is 9.11. The van der Waals surface area contributed by atoms with Crippen molar-refractivity contribution in [2.75, 3.05) is 0 Å². The van der Waals surface area contributed by atoms with Crippen molar-refractivity contribution in [2.45, 2.75) is 13.1 Å². The van der Waals surface area contributed by atoms with Crippen molar-refractivity contribution in [3.63, 3.8) is 0 Å². The van der Waals surface area contributed by atoms with Gasteiger partial charge in [0.05, 0.1) is 11.3 Å². The molecule has 1 N–H and O–H groups in total. The van der Waals surface area contributed by atoms with Crippen LogP contribution in [0.5, 0.6) is 0 Å². The smallest absolute Gasteiger partial charge is 0.449 e. The summed E-state index contributed by atoms with van der Waals surface area (Å²) in [6.45, 7) is 0.883. The molecule has 0 radical (unpaired) electrons. The van der Waals surface area contributed by atoms with E-state index < -0.39 is 23.3 Å². The van der Waals surface area contributed by atoms with E-state index in [2.05, 4.69) is 4.99 Å². The Bertz CT molecular complexity index is 575. The van der Waals surface area contributed by atoms with Crippen molar-refractivity contribution in [1.82, 2.24) is 0 Å². The number of aliphatic hydroxyl groups is 1. The largest absolute Gasteiger partial charge is 0.504 e. The fraction of sp³-hybridized carbons (Fsp3) is 0.167. The van der Waals surface area contributed by atoms with E-state index in [0.717, 1.165) is 6.92 Å². The highest BCUT2D eigenvalue weighted by atomic mass is 35.5. The van der Waals surface area contributed by atoms with Crippen LogP contribution in [0.4, 0.5) is 18.9 Å².